The number of phenols is 1. The first kappa shape index (κ1) is 16.5. The number of aromatic hydroxyl groups is 1. The van der Waals surface area contributed by atoms with Crippen LogP contribution < -0.4 is 10.1 Å². The molecule has 0 saturated carbocycles. The predicted molar refractivity (Wildman–Crippen MR) is 99.7 cm³/mol. The van der Waals surface area contributed by atoms with Crippen LogP contribution in [-0.2, 0) is 0 Å². The van der Waals surface area contributed by atoms with Crippen LogP contribution in [0.4, 0.5) is 5.69 Å². The molecule has 0 aliphatic carbocycles. The summed E-state index contributed by atoms with van der Waals surface area (Å²) in [6, 6.07) is 6.96. The van der Waals surface area contributed by atoms with Crippen molar-refractivity contribution >= 4 is 22.6 Å². The van der Waals surface area contributed by atoms with E-state index in [1.807, 2.05) is 6.07 Å². The van der Waals surface area contributed by atoms with Crippen LogP contribution in [0.5, 0.6) is 11.5 Å². The number of benzene rings is 1. The zero-order chi connectivity index (χ0) is 18.8. The van der Waals surface area contributed by atoms with Crippen LogP contribution in [0.2, 0.25) is 0 Å². The van der Waals surface area contributed by atoms with Gasteiger partial charge in [-0.25, -0.2) is 9.97 Å². The number of ether oxygens (including phenoxy) is 1. The fourth-order valence-corrected chi connectivity index (χ4v) is 2.72. The summed E-state index contributed by atoms with van der Waals surface area (Å²) in [6.45, 7) is 0. The SMILES string of the molecule is COc1cc(-c2cnc3[nH]cc(NC(=O)c4cnccn4)c3c2)ccc1O. The lowest BCUT2D eigenvalue weighted by molar-refractivity contribution is 0.102. The third-order valence-electron chi connectivity index (χ3n) is 4.09. The molecule has 134 valence electrons. The number of carbonyl (C=O) groups excluding carboxylic acids is 1. The monoisotopic (exact) mass is 361 g/mol. The van der Waals surface area contributed by atoms with Crippen LogP contribution in [0.3, 0.4) is 0 Å². The van der Waals surface area contributed by atoms with Gasteiger partial charge in [0.2, 0.25) is 0 Å². The molecule has 0 aliphatic rings. The van der Waals surface area contributed by atoms with E-state index in [-0.39, 0.29) is 17.4 Å². The van der Waals surface area contributed by atoms with Gasteiger partial charge in [0.1, 0.15) is 11.3 Å². The van der Waals surface area contributed by atoms with E-state index in [2.05, 4.69) is 25.3 Å². The third-order valence-corrected chi connectivity index (χ3v) is 4.09. The van der Waals surface area contributed by atoms with Gasteiger partial charge in [0.05, 0.1) is 19.0 Å². The average Bonchev–Trinajstić information content (AvgIpc) is 3.11. The molecule has 4 rings (SSSR count). The molecule has 0 radical (unpaired) electrons. The first-order chi connectivity index (χ1) is 13.2. The van der Waals surface area contributed by atoms with Gasteiger partial charge in [-0.15, -0.1) is 0 Å². The van der Waals surface area contributed by atoms with Gasteiger partial charge in [0.15, 0.2) is 11.5 Å². The lowest BCUT2D eigenvalue weighted by Crippen LogP contribution is -2.13. The first-order valence-corrected chi connectivity index (χ1v) is 8.07. The molecule has 3 heterocycles. The van der Waals surface area contributed by atoms with E-state index in [0.29, 0.717) is 17.1 Å². The molecule has 3 aromatic heterocycles. The number of methoxy groups -OCH3 is 1. The Morgan fingerprint density at radius 3 is 2.81 bits per heavy atom. The van der Waals surface area contributed by atoms with Gasteiger partial charge in [0, 0.05) is 35.7 Å². The molecule has 0 atom stereocenters. The summed E-state index contributed by atoms with van der Waals surface area (Å²) in [4.78, 5) is 27.7. The van der Waals surface area contributed by atoms with Crippen molar-refractivity contribution in [2.24, 2.45) is 0 Å². The second-order valence-electron chi connectivity index (χ2n) is 5.75. The van der Waals surface area contributed by atoms with Crippen molar-refractivity contribution in [3.05, 3.63) is 60.9 Å². The first-order valence-electron chi connectivity index (χ1n) is 8.07. The summed E-state index contributed by atoms with van der Waals surface area (Å²) in [5.74, 6) is 0.0763. The molecular formula is C19H15N5O3. The van der Waals surface area contributed by atoms with E-state index in [4.69, 9.17) is 4.74 Å². The second kappa shape index (κ2) is 6.75. The minimum Gasteiger partial charge on any atom is -0.504 e. The number of aromatic amines is 1. The quantitative estimate of drug-likeness (QED) is 0.515. The van der Waals surface area contributed by atoms with Gasteiger partial charge in [-0.1, -0.05) is 6.07 Å². The highest BCUT2D eigenvalue weighted by atomic mass is 16.5. The molecule has 4 aromatic rings. The maximum Gasteiger partial charge on any atom is 0.275 e. The second-order valence-corrected chi connectivity index (χ2v) is 5.75. The highest BCUT2D eigenvalue weighted by Gasteiger charge is 2.13. The largest absolute Gasteiger partial charge is 0.504 e. The van der Waals surface area contributed by atoms with Crippen LogP contribution in [0, 0.1) is 0 Å². The molecule has 0 spiro atoms. The van der Waals surface area contributed by atoms with E-state index in [1.165, 1.54) is 25.7 Å². The normalized spacial score (nSPS) is 10.7. The number of nitrogens with one attached hydrogen (secondary N) is 2. The minimum atomic E-state index is -0.360. The van der Waals surface area contributed by atoms with Crippen molar-refractivity contribution in [3.63, 3.8) is 0 Å². The number of pyridine rings is 1. The Labute approximate surface area is 153 Å². The number of rotatable bonds is 4. The number of fused-ring (bicyclic) bond motifs is 1. The van der Waals surface area contributed by atoms with Crippen LogP contribution in [0.1, 0.15) is 10.5 Å². The topological polar surface area (TPSA) is 113 Å². The third kappa shape index (κ3) is 3.15. The summed E-state index contributed by atoms with van der Waals surface area (Å²) >= 11 is 0. The molecule has 27 heavy (non-hydrogen) atoms. The molecule has 0 unspecified atom stereocenters. The van der Waals surface area contributed by atoms with E-state index in [1.54, 1.807) is 30.6 Å². The van der Waals surface area contributed by atoms with Gasteiger partial charge in [-0.2, -0.15) is 0 Å². The maximum atomic E-state index is 12.3. The van der Waals surface area contributed by atoms with Crippen LogP contribution in [0.15, 0.2) is 55.2 Å². The fraction of sp³-hybridized carbons (Fsp3) is 0.0526. The van der Waals surface area contributed by atoms with Crippen molar-refractivity contribution in [2.45, 2.75) is 0 Å². The summed E-state index contributed by atoms with van der Waals surface area (Å²) in [7, 11) is 1.49. The Morgan fingerprint density at radius 1 is 1.15 bits per heavy atom. The number of amides is 1. The molecule has 0 fully saturated rings. The van der Waals surface area contributed by atoms with Gasteiger partial charge in [-0.3, -0.25) is 9.78 Å². The number of anilines is 1. The Balaban J connectivity index is 1.70. The van der Waals surface area contributed by atoms with Crippen molar-refractivity contribution < 1.29 is 14.6 Å². The number of hydrogen-bond donors (Lipinski definition) is 3. The summed E-state index contributed by atoms with van der Waals surface area (Å²) in [6.07, 6.45) is 7.75. The number of hydrogen-bond acceptors (Lipinski definition) is 6. The number of aromatic nitrogens is 4. The standard InChI is InChI=1S/C19H15N5O3/c1-27-17-7-11(2-3-16(17)25)12-6-13-14(10-23-18(13)22-8-12)24-19(26)15-9-20-4-5-21-15/h2-10,25H,1H3,(H,22,23)(H,24,26). The molecule has 8 nitrogen and oxygen atoms in total. The Kier molecular flexibility index (Phi) is 4.13. The lowest BCUT2D eigenvalue weighted by atomic mass is 10.1. The molecule has 1 amide bonds. The smallest absolute Gasteiger partial charge is 0.275 e. The number of carbonyl (C=O) groups is 1. The molecular weight excluding hydrogens is 346 g/mol. The molecule has 0 saturated heterocycles. The number of nitrogens with zero attached hydrogens (tertiary/aromatic N) is 3. The fourth-order valence-electron chi connectivity index (χ4n) is 2.72. The zero-order valence-corrected chi connectivity index (χ0v) is 14.3. The maximum absolute atomic E-state index is 12.3. The summed E-state index contributed by atoms with van der Waals surface area (Å²) in [5, 5.41) is 13.3. The average molecular weight is 361 g/mol. The highest BCUT2D eigenvalue weighted by Crippen LogP contribution is 2.33. The highest BCUT2D eigenvalue weighted by molar-refractivity contribution is 6.07. The Hall–Kier alpha value is -3.94. The van der Waals surface area contributed by atoms with E-state index >= 15 is 0 Å². The van der Waals surface area contributed by atoms with Gasteiger partial charge < -0.3 is 20.1 Å². The number of phenolic OH excluding ortho intramolecular Hbond substituents is 1. The number of H-pyrrole nitrogens is 1. The Morgan fingerprint density at radius 2 is 2.04 bits per heavy atom. The zero-order valence-electron chi connectivity index (χ0n) is 14.3. The van der Waals surface area contributed by atoms with Gasteiger partial charge in [0.25, 0.3) is 5.91 Å². The van der Waals surface area contributed by atoms with Crippen molar-refractivity contribution in [2.75, 3.05) is 12.4 Å². The van der Waals surface area contributed by atoms with E-state index in [9.17, 15) is 9.90 Å². The molecule has 0 bridgehead atoms. The van der Waals surface area contributed by atoms with E-state index < -0.39 is 0 Å². The van der Waals surface area contributed by atoms with E-state index in [0.717, 1.165) is 16.5 Å². The van der Waals surface area contributed by atoms with Crippen molar-refractivity contribution in [1.82, 2.24) is 19.9 Å². The van der Waals surface area contributed by atoms with Gasteiger partial charge >= 0.3 is 0 Å². The molecule has 8 heteroatoms. The summed E-state index contributed by atoms with van der Waals surface area (Å²) in [5.41, 5.74) is 3.08. The Bertz CT molecular complexity index is 1120. The molecule has 0 aliphatic heterocycles. The minimum absolute atomic E-state index is 0.0638. The van der Waals surface area contributed by atoms with Crippen molar-refractivity contribution in [1.29, 1.82) is 0 Å². The molecule has 3 N–H and O–H groups in total. The van der Waals surface area contributed by atoms with Crippen LogP contribution in [-0.4, -0.2) is 38.1 Å². The van der Waals surface area contributed by atoms with Crippen LogP contribution in [0.25, 0.3) is 22.2 Å². The predicted octanol–water partition coefficient (Wildman–Crippen LogP) is 2.99. The summed E-state index contributed by atoms with van der Waals surface area (Å²) < 4.78 is 5.16. The van der Waals surface area contributed by atoms with Gasteiger partial charge in [-0.05, 0) is 23.8 Å². The lowest BCUT2D eigenvalue weighted by Gasteiger charge is -2.07. The van der Waals surface area contributed by atoms with Crippen LogP contribution >= 0.6 is 0 Å². The van der Waals surface area contributed by atoms with Crippen molar-refractivity contribution in [3.8, 4) is 22.6 Å². The molecule has 1 aromatic carbocycles.